The molecule has 0 spiro atoms. The van der Waals surface area contributed by atoms with Gasteiger partial charge in [0.1, 0.15) is 54.4 Å². The lowest BCUT2D eigenvalue weighted by atomic mass is 10.0. The number of aliphatic carboxylic acids is 12. The molecule has 88 heavy (non-hydrogen) atoms. The molecule has 1 rings (SSSR count). The summed E-state index contributed by atoms with van der Waals surface area (Å²) in [6.07, 6.45) is 4.16. The van der Waals surface area contributed by atoms with E-state index in [0.717, 1.165) is 12.1 Å². The molecule has 1 heterocycles. The monoisotopic (exact) mass is 1300 g/mol. The van der Waals surface area contributed by atoms with E-state index >= 15 is 0 Å². The summed E-state index contributed by atoms with van der Waals surface area (Å²) < 4.78 is 0. The maximum Gasteiger partial charge on any atom is 0.321 e. The van der Waals surface area contributed by atoms with Gasteiger partial charge in [-0.2, -0.15) is 12.6 Å². The number of carboxylic acid groups (broad SMARTS) is 12. The molecule has 0 bridgehead atoms. The highest BCUT2D eigenvalue weighted by atomic mass is 32.1. The molecule has 0 aliphatic heterocycles. The number of carbonyl (C=O) groups is 14. The SMILES string of the molecule is CC[C@H](C)[C@H](N)C(=O)O.C[C@H](N)C(=O)O.NC(=O)CC[C@H](N)C(=O)O.NC(=O)C[C@H](N)C(=O)O.NC(N)=NCCC[C@H](N)C(=O)O.NCC(=O)O.N[C@@H](CC(=O)O)C(=O)O.N[C@@H](CCC(=O)O)C(=O)O.N[C@@H](CS)C(=O)O.N[C@@H](Cc1cnc[nH]1)C(=O)O. The van der Waals surface area contributed by atoms with Crippen molar-refractivity contribution in [1.82, 2.24) is 9.97 Å². The van der Waals surface area contributed by atoms with Gasteiger partial charge < -0.3 is 147 Å². The number of aliphatic imine (C=N–C) groups is 1. The van der Waals surface area contributed by atoms with Gasteiger partial charge in [0.05, 0.1) is 25.7 Å². The molecule has 0 unspecified atom stereocenters. The van der Waals surface area contributed by atoms with Crippen LogP contribution in [-0.2, 0) is 73.5 Å². The summed E-state index contributed by atoms with van der Waals surface area (Å²) in [6, 6.07) is -8.41. The van der Waals surface area contributed by atoms with Crippen LogP contribution in [0.5, 0.6) is 0 Å². The number of rotatable bonds is 29. The number of amides is 2. The lowest BCUT2D eigenvalue weighted by molar-refractivity contribution is -0.144. The summed E-state index contributed by atoms with van der Waals surface area (Å²) in [7, 11) is 0. The van der Waals surface area contributed by atoms with Crippen molar-refractivity contribution in [2.24, 2.45) is 91.2 Å². The number of carbonyl (C=O) groups excluding carboxylic acids is 2. The number of hydrogen-bond donors (Lipinski definition) is 28. The number of imidazole rings is 1. The van der Waals surface area contributed by atoms with E-state index in [4.69, 9.17) is 130 Å². The van der Waals surface area contributed by atoms with Gasteiger partial charge in [-0.25, -0.2) is 4.98 Å². The fraction of sp³-hybridized carbons (Fsp3) is 0.591. The van der Waals surface area contributed by atoms with Crippen molar-refractivity contribution in [3.8, 4) is 0 Å². The Morgan fingerprint density at radius 1 is 0.500 bits per heavy atom. The number of aromatic nitrogens is 2. The number of guanidine groups is 1. The fourth-order valence-corrected chi connectivity index (χ4v) is 3.50. The number of H-pyrrole nitrogens is 1. The number of nitrogens with two attached hydrogens (primary N) is 14. The second-order valence-corrected chi connectivity index (χ2v) is 17.1. The number of nitrogens with zero attached hydrogens (tertiary/aromatic N) is 2. The standard InChI is InChI=1S/C6H14N4O2.C6H9N3O2.C6H13NO2.C5H10N2O3.C5H9NO4.C4H8N2O3.C4H7NO4.C3H7NO2S.C3H7NO2.C2H5NO2/c7-4(5(11)12)2-1-3-10-6(8)9;7-5(6(10)11)1-4-2-8-3-9-4;1-3-4(2)5(7)6(8)9;2*6-3(5(9)10)1-2-4(7)8;2*5-2(4(8)9)1-3(6)7;4-2(1-7)3(5)6;1-2(4)3(5)6;3-1-2(4)5/h4H,1-3,7H2,(H,11,12)(H4,8,9,10);2-3,5H,1,7H2,(H,8,9)(H,10,11);4-5H,3,7H2,1-2H3,(H,8,9);3H,1-2,6H2,(H2,7,8)(H,9,10);3H,1-2,6H2,(H,7,8)(H,9,10);2H,1,5H2,(H2,6,7)(H,8,9);2H,1,5H2,(H,6,7)(H,8,9);2,7H,1,4H2,(H,5,6);2H,4H2,1H3,(H,5,6);1,3H2,(H,4,5)/t4-;5-;4-,5-;2*3-;4*2-;/m000000000./s1. The van der Waals surface area contributed by atoms with Crippen molar-refractivity contribution < 1.29 is 128 Å². The summed E-state index contributed by atoms with van der Waals surface area (Å²) in [5.41, 5.74) is 70.2. The van der Waals surface area contributed by atoms with E-state index in [2.05, 4.69) is 39.1 Å². The molecule has 0 aliphatic carbocycles. The van der Waals surface area contributed by atoms with Crippen molar-refractivity contribution in [2.75, 3.05) is 18.8 Å². The molecule has 43 nitrogen and oxygen atoms in total. The number of carboxylic acids is 12. The quantitative estimate of drug-likeness (QED) is 0.0153. The zero-order valence-electron chi connectivity index (χ0n) is 48.1. The van der Waals surface area contributed by atoms with Crippen molar-refractivity contribution in [2.45, 2.75) is 139 Å². The Morgan fingerprint density at radius 3 is 1.07 bits per heavy atom. The number of aromatic amines is 1. The number of primary amides is 2. The summed E-state index contributed by atoms with van der Waals surface area (Å²) in [5, 5.41) is 97.3. The topological polar surface area (TPSA) is 887 Å². The highest BCUT2D eigenvalue weighted by molar-refractivity contribution is 7.80. The molecule has 2 amide bonds. The van der Waals surface area contributed by atoms with Gasteiger partial charge in [-0.3, -0.25) is 72.1 Å². The van der Waals surface area contributed by atoms with E-state index in [0.29, 0.717) is 19.4 Å². The highest BCUT2D eigenvalue weighted by Crippen LogP contribution is 2.04. The van der Waals surface area contributed by atoms with Crippen LogP contribution in [0.3, 0.4) is 0 Å². The molecule has 10 atom stereocenters. The molecular weight excluding hydrogens is 1210 g/mol. The van der Waals surface area contributed by atoms with Gasteiger partial charge in [0.15, 0.2) is 5.96 Å². The van der Waals surface area contributed by atoms with Gasteiger partial charge in [-0.05, 0) is 38.5 Å². The second-order valence-electron chi connectivity index (χ2n) is 16.7. The Morgan fingerprint density at radius 2 is 0.864 bits per heavy atom. The maximum absolute atomic E-state index is 10.3. The van der Waals surface area contributed by atoms with Gasteiger partial charge in [0.25, 0.3) is 0 Å². The Kier molecular flexibility index (Phi) is 68.1. The van der Waals surface area contributed by atoms with E-state index in [1.165, 1.54) is 13.3 Å². The molecular formula is C44H89N17O26S. The van der Waals surface area contributed by atoms with Crippen LogP contribution in [-0.4, -0.2) is 234 Å². The van der Waals surface area contributed by atoms with Crippen LogP contribution >= 0.6 is 12.6 Å². The molecule has 1 aromatic heterocycles. The predicted octanol–water partition coefficient (Wildman–Crippen LogP) is -8.89. The van der Waals surface area contributed by atoms with Gasteiger partial charge in [-0.1, -0.05) is 20.3 Å². The van der Waals surface area contributed by atoms with Crippen LogP contribution in [0.25, 0.3) is 0 Å². The first kappa shape index (κ1) is 98.1. The first-order valence-corrected chi connectivity index (χ1v) is 25.1. The second kappa shape index (κ2) is 61.1. The highest BCUT2D eigenvalue weighted by Gasteiger charge is 2.18. The number of hydrogen-bond acceptors (Lipinski definition) is 27. The van der Waals surface area contributed by atoms with E-state index < -0.39 is 144 Å². The largest absolute Gasteiger partial charge is 0.481 e. The molecule has 0 fully saturated rings. The Hall–Kier alpha value is -8.99. The fourth-order valence-electron chi connectivity index (χ4n) is 3.34. The first-order valence-electron chi connectivity index (χ1n) is 24.5. The molecule has 44 heteroatoms. The zero-order valence-corrected chi connectivity index (χ0v) is 49.0. The summed E-state index contributed by atoms with van der Waals surface area (Å²) in [6.45, 7) is 5.32. The molecule has 0 saturated heterocycles. The van der Waals surface area contributed by atoms with Crippen LogP contribution in [0.1, 0.15) is 84.3 Å². The molecule has 0 radical (unpaired) electrons. The summed E-state index contributed by atoms with van der Waals surface area (Å²) >= 11 is 3.65. The minimum atomic E-state index is -1.29. The zero-order chi connectivity index (χ0) is 71.7. The van der Waals surface area contributed by atoms with Gasteiger partial charge in [0, 0.05) is 43.5 Å². The molecule has 0 aliphatic rings. The van der Waals surface area contributed by atoms with Crippen LogP contribution in [0.15, 0.2) is 17.5 Å². The maximum atomic E-state index is 10.3. The van der Waals surface area contributed by atoms with Crippen molar-refractivity contribution >= 4 is 102 Å². The van der Waals surface area contributed by atoms with Gasteiger partial charge in [0.2, 0.25) is 11.8 Å². The van der Waals surface area contributed by atoms with Crippen molar-refractivity contribution in [3.63, 3.8) is 0 Å². The van der Waals surface area contributed by atoms with Crippen LogP contribution in [0.2, 0.25) is 0 Å². The normalized spacial score (nSPS) is 12.8. The Bertz CT molecular complexity index is 2160. The molecule has 41 N–H and O–H groups in total. The van der Waals surface area contributed by atoms with Gasteiger partial charge in [-0.15, -0.1) is 0 Å². The predicted molar refractivity (Wildman–Crippen MR) is 310 cm³/mol. The average molecular weight is 1300 g/mol. The van der Waals surface area contributed by atoms with E-state index in [-0.39, 0.29) is 62.7 Å². The summed E-state index contributed by atoms with van der Waals surface area (Å²) in [5.74, 6) is -13.8. The molecule has 0 aromatic carbocycles. The van der Waals surface area contributed by atoms with E-state index in [9.17, 15) is 67.1 Å². The third kappa shape index (κ3) is 83.5. The molecule has 0 saturated carbocycles. The lowest BCUT2D eigenvalue weighted by Crippen LogP contribution is -2.36. The summed E-state index contributed by atoms with van der Waals surface area (Å²) in [4.78, 5) is 149. The smallest absolute Gasteiger partial charge is 0.321 e. The van der Waals surface area contributed by atoms with Crippen molar-refractivity contribution in [3.05, 3.63) is 18.2 Å². The number of nitrogens with one attached hydrogen (secondary N) is 1. The third-order valence-electron chi connectivity index (χ3n) is 8.67. The third-order valence-corrected chi connectivity index (χ3v) is 9.07. The average Bonchev–Trinajstić information content (AvgIpc) is 3.93. The van der Waals surface area contributed by atoms with Crippen LogP contribution in [0.4, 0.5) is 0 Å². The lowest BCUT2D eigenvalue weighted by Gasteiger charge is -2.11. The molecule has 1 aromatic rings. The molecule has 512 valence electrons. The van der Waals surface area contributed by atoms with E-state index in [1.54, 1.807) is 6.20 Å². The minimum absolute atomic E-state index is 0.0129. The Labute approximate surface area is 506 Å². The van der Waals surface area contributed by atoms with Crippen LogP contribution in [0, 0.1) is 5.92 Å². The van der Waals surface area contributed by atoms with Crippen molar-refractivity contribution in [1.29, 1.82) is 0 Å². The minimum Gasteiger partial charge on any atom is -0.481 e. The van der Waals surface area contributed by atoms with E-state index in [1.807, 2.05) is 13.8 Å². The van der Waals surface area contributed by atoms with Crippen LogP contribution < -0.4 is 80.3 Å². The first-order chi connectivity index (χ1) is 40.1. The Balaban J connectivity index is -0.000000113. The van der Waals surface area contributed by atoms with Gasteiger partial charge >= 0.3 is 71.6 Å². The number of thiol groups is 1.